The van der Waals surface area contributed by atoms with Gasteiger partial charge in [0.1, 0.15) is 11.9 Å². The number of imide groups is 1. The maximum absolute atomic E-state index is 13.9. The summed E-state index contributed by atoms with van der Waals surface area (Å²) in [5.41, 5.74) is 1.18. The first-order valence-electron chi connectivity index (χ1n) is 12.3. The van der Waals surface area contributed by atoms with Gasteiger partial charge in [0.05, 0.1) is 17.9 Å². The van der Waals surface area contributed by atoms with Crippen molar-refractivity contribution in [3.8, 4) is 0 Å². The summed E-state index contributed by atoms with van der Waals surface area (Å²) in [6.45, 7) is 2.06. The number of benzene rings is 2. The maximum atomic E-state index is 13.9. The van der Waals surface area contributed by atoms with Crippen molar-refractivity contribution in [3.05, 3.63) is 72.1 Å². The molecule has 3 aliphatic heterocycles. The van der Waals surface area contributed by atoms with E-state index >= 15 is 0 Å². The third-order valence-corrected chi connectivity index (χ3v) is 7.24. The first kappa shape index (κ1) is 24.6. The van der Waals surface area contributed by atoms with Crippen molar-refractivity contribution in [2.75, 3.05) is 38.5 Å². The number of urea groups is 1. The van der Waals surface area contributed by atoms with E-state index in [0.717, 1.165) is 10.5 Å². The zero-order valence-electron chi connectivity index (χ0n) is 20.3. The van der Waals surface area contributed by atoms with Crippen LogP contribution in [0, 0.1) is 17.7 Å². The fourth-order valence-corrected chi connectivity index (χ4v) is 5.40. The number of hydrogen-bond donors (Lipinski definition) is 2. The van der Waals surface area contributed by atoms with Crippen LogP contribution in [0.4, 0.5) is 14.9 Å². The lowest BCUT2D eigenvalue weighted by atomic mass is 9.88. The molecule has 0 radical (unpaired) electrons. The number of amides is 5. The smallest absolute Gasteiger partial charge is 0.323 e. The largest absolute Gasteiger partial charge is 0.338 e. The second-order valence-corrected chi connectivity index (χ2v) is 9.41. The zero-order chi connectivity index (χ0) is 26.1. The van der Waals surface area contributed by atoms with Crippen molar-refractivity contribution in [2.45, 2.75) is 12.1 Å². The Balaban J connectivity index is 1.56. The van der Waals surface area contributed by atoms with Crippen LogP contribution in [0.1, 0.15) is 5.56 Å². The molecule has 0 aliphatic carbocycles. The Labute approximate surface area is 213 Å². The molecular formula is C27H28FN5O4. The van der Waals surface area contributed by atoms with Gasteiger partial charge in [-0.25, -0.2) is 9.18 Å². The predicted molar refractivity (Wildman–Crippen MR) is 135 cm³/mol. The van der Waals surface area contributed by atoms with E-state index in [-0.39, 0.29) is 5.91 Å². The molecule has 5 rings (SSSR count). The number of nitrogens with one attached hydrogen (secondary N) is 2. The number of likely N-dealkylation sites (tertiary alicyclic amines) is 2. The van der Waals surface area contributed by atoms with Crippen molar-refractivity contribution >= 4 is 35.5 Å². The summed E-state index contributed by atoms with van der Waals surface area (Å²) in [4.78, 5) is 58.1. The van der Waals surface area contributed by atoms with Gasteiger partial charge >= 0.3 is 6.03 Å². The van der Waals surface area contributed by atoms with Crippen LogP contribution in [0.25, 0.3) is 6.08 Å². The SMILES string of the molecule is CN1C(=O)C2C(C1=O)C(C(=O)N1CCNCC1)N(C(=O)Nc1ccc(F)cc1)C2C=Cc1ccccc1. The summed E-state index contributed by atoms with van der Waals surface area (Å²) < 4.78 is 13.4. The van der Waals surface area contributed by atoms with E-state index < -0.39 is 47.6 Å². The molecule has 9 nitrogen and oxygen atoms in total. The second kappa shape index (κ2) is 10.1. The van der Waals surface area contributed by atoms with Crippen LogP contribution >= 0.6 is 0 Å². The van der Waals surface area contributed by atoms with Gasteiger partial charge in [-0.05, 0) is 29.8 Å². The van der Waals surface area contributed by atoms with Gasteiger partial charge in [-0.2, -0.15) is 0 Å². The first-order valence-corrected chi connectivity index (χ1v) is 12.3. The van der Waals surface area contributed by atoms with Gasteiger partial charge in [0.2, 0.25) is 17.7 Å². The molecule has 192 valence electrons. The molecule has 0 saturated carbocycles. The van der Waals surface area contributed by atoms with Crippen molar-refractivity contribution < 1.29 is 23.6 Å². The monoisotopic (exact) mass is 505 g/mol. The van der Waals surface area contributed by atoms with Gasteiger partial charge in [0, 0.05) is 38.9 Å². The molecule has 4 atom stereocenters. The fourth-order valence-electron chi connectivity index (χ4n) is 5.40. The minimum atomic E-state index is -1.16. The van der Waals surface area contributed by atoms with E-state index in [1.807, 2.05) is 30.3 Å². The zero-order valence-corrected chi connectivity index (χ0v) is 20.3. The molecule has 5 amide bonds. The Bertz CT molecular complexity index is 1230. The van der Waals surface area contributed by atoms with E-state index in [2.05, 4.69) is 10.6 Å². The number of anilines is 1. The van der Waals surface area contributed by atoms with Gasteiger partial charge in [-0.3, -0.25) is 19.3 Å². The molecule has 2 N–H and O–H groups in total. The summed E-state index contributed by atoms with van der Waals surface area (Å²) in [5.74, 6) is -3.61. The van der Waals surface area contributed by atoms with E-state index in [4.69, 9.17) is 0 Å². The van der Waals surface area contributed by atoms with Gasteiger partial charge < -0.3 is 20.4 Å². The fraction of sp³-hybridized carbons (Fsp3) is 0.333. The highest BCUT2D eigenvalue weighted by molar-refractivity contribution is 6.10. The molecule has 3 heterocycles. The Morgan fingerprint density at radius 3 is 2.30 bits per heavy atom. The van der Waals surface area contributed by atoms with Gasteiger partial charge in [-0.15, -0.1) is 0 Å². The highest BCUT2D eigenvalue weighted by Crippen LogP contribution is 2.44. The van der Waals surface area contributed by atoms with Crippen LogP contribution in [-0.2, 0) is 14.4 Å². The lowest BCUT2D eigenvalue weighted by molar-refractivity contribution is -0.144. The van der Waals surface area contributed by atoms with E-state index in [9.17, 15) is 23.6 Å². The van der Waals surface area contributed by atoms with Crippen LogP contribution in [-0.4, -0.2) is 83.8 Å². The van der Waals surface area contributed by atoms with Crippen molar-refractivity contribution in [1.82, 2.24) is 20.0 Å². The van der Waals surface area contributed by atoms with Crippen LogP contribution in [0.2, 0.25) is 0 Å². The standard InChI is InChI=1S/C27H28FN5O4/c1-31-24(34)21-20(12-7-17-5-3-2-4-6-17)33(27(37)30-19-10-8-18(28)9-11-19)23(22(21)25(31)35)26(36)32-15-13-29-14-16-32/h2-12,20-23,29H,13-16H2,1H3,(H,30,37). The molecule has 2 aromatic carbocycles. The molecule has 10 heteroatoms. The quantitative estimate of drug-likeness (QED) is 0.617. The number of rotatable bonds is 4. The number of hydrogen-bond acceptors (Lipinski definition) is 5. The van der Waals surface area contributed by atoms with Crippen molar-refractivity contribution in [1.29, 1.82) is 0 Å². The Morgan fingerprint density at radius 1 is 0.973 bits per heavy atom. The molecular weight excluding hydrogens is 477 g/mol. The third-order valence-electron chi connectivity index (χ3n) is 7.24. The number of piperazine rings is 1. The minimum absolute atomic E-state index is 0.331. The first-order chi connectivity index (χ1) is 17.9. The predicted octanol–water partition coefficient (Wildman–Crippen LogP) is 1.79. The molecule has 0 bridgehead atoms. The molecule has 0 spiro atoms. The van der Waals surface area contributed by atoms with Crippen LogP contribution < -0.4 is 10.6 Å². The molecule has 0 aromatic heterocycles. The van der Waals surface area contributed by atoms with Gasteiger partial charge in [0.25, 0.3) is 0 Å². The molecule has 37 heavy (non-hydrogen) atoms. The number of fused-ring (bicyclic) bond motifs is 1. The highest BCUT2D eigenvalue weighted by atomic mass is 19.1. The Hall–Kier alpha value is -4.05. The summed E-state index contributed by atoms with van der Waals surface area (Å²) in [6, 6.07) is 12.0. The highest BCUT2D eigenvalue weighted by Gasteiger charge is 2.64. The molecule has 3 aliphatic rings. The van der Waals surface area contributed by atoms with Crippen LogP contribution in [0.3, 0.4) is 0 Å². The van der Waals surface area contributed by atoms with E-state index in [1.165, 1.54) is 36.2 Å². The number of nitrogens with zero attached hydrogens (tertiary/aromatic N) is 3. The number of carbonyl (C=O) groups is 4. The van der Waals surface area contributed by atoms with Crippen molar-refractivity contribution in [3.63, 3.8) is 0 Å². The van der Waals surface area contributed by atoms with Gasteiger partial charge in [0.15, 0.2) is 0 Å². The number of halogens is 1. The van der Waals surface area contributed by atoms with Crippen LogP contribution in [0.15, 0.2) is 60.7 Å². The number of carbonyl (C=O) groups excluding carboxylic acids is 4. The normalized spacial score (nSPS) is 25.6. The average molecular weight is 506 g/mol. The lowest BCUT2D eigenvalue weighted by Gasteiger charge is -2.36. The Kier molecular flexibility index (Phi) is 6.75. The summed E-state index contributed by atoms with van der Waals surface area (Å²) in [6.07, 6.45) is 3.50. The lowest BCUT2D eigenvalue weighted by Crippen LogP contribution is -2.57. The third kappa shape index (κ3) is 4.60. The molecule has 2 aromatic rings. The summed E-state index contributed by atoms with van der Waals surface area (Å²) >= 11 is 0. The molecule has 3 fully saturated rings. The molecule has 3 saturated heterocycles. The Morgan fingerprint density at radius 2 is 1.62 bits per heavy atom. The minimum Gasteiger partial charge on any atom is -0.338 e. The molecule has 4 unspecified atom stereocenters. The summed E-state index contributed by atoms with van der Waals surface area (Å²) in [7, 11) is 1.41. The van der Waals surface area contributed by atoms with Gasteiger partial charge in [-0.1, -0.05) is 42.5 Å². The van der Waals surface area contributed by atoms with E-state index in [0.29, 0.717) is 31.9 Å². The maximum Gasteiger partial charge on any atom is 0.323 e. The van der Waals surface area contributed by atoms with Crippen LogP contribution in [0.5, 0.6) is 0 Å². The van der Waals surface area contributed by atoms with Crippen molar-refractivity contribution in [2.24, 2.45) is 11.8 Å². The summed E-state index contributed by atoms with van der Waals surface area (Å²) in [5, 5.41) is 5.91. The topological polar surface area (TPSA) is 102 Å². The average Bonchev–Trinajstić information content (AvgIpc) is 3.37. The van der Waals surface area contributed by atoms with E-state index in [1.54, 1.807) is 17.1 Å². The second-order valence-electron chi connectivity index (χ2n) is 9.41.